The first kappa shape index (κ1) is 30.4. The number of rotatable bonds is 10. The molecule has 8 nitrogen and oxygen atoms in total. The maximum absolute atomic E-state index is 13.6. The second kappa shape index (κ2) is 13.2. The Morgan fingerprint density at radius 3 is 2.41 bits per heavy atom. The van der Waals surface area contributed by atoms with Crippen LogP contribution in [0.15, 0.2) is 60.8 Å². The minimum Gasteiger partial charge on any atom is -0.491 e. The summed E-state index contributed by atoms with van der Waals surface area (Å²) < 4.78 is 12.5. The van der Waals surface area contributed by atoms with E-state index in [9.17, 15) is 9.59 Å². The summed E-state index contributed by atoms with van der Waals surface area (Å²) in [6, 6.07) is 17.7. The summed E-state index contributed by atoms with van der Waals surface area (Å²) in [6.45, 7) is 6.15. The van der Waals surface area contributed by atoms with Gasteiger partial charge in [0.1, 0.15) is 11.6 Å². The van der Waals surface area contributed by atoms with Crippen LogP contribution >= 0.6 is 11.6 Å². The molecule has 1 saturated heterocycles. The summed E-state index contributed by atoms with van der Waals surface area (Å²) in [5.74, 6) is 2.12. The molecule has 1 atom stereocenters. The molecule has 0 bridgehead atoms. The molecule has 2 aliphatic heterocycles. The average molecular weight is 617 g/mol. The minimum absolute atomic E-state index is 0.0220. The number of β-lactam (4-membered cyclic amide) rings is 1. The minimum atomic E-state index is -0.665. The molecule has 0 spiro atoms. The number of ether oxygens (including phenoxy) is 2. The molecule has 44 heavy (non-hydrogen) atoms. The van der Waals surface area contributed by atoms with Gasteiger partial charge in [0.2, 0.25) is 11.8 Å². The highest BCUT2D eigenvalue weighted by molar-refractivity contribution is 6.30. The molecule has 232 valence electrons. The lowest BCUT2D eigenvalue weighted by atomic mass is 9.84. The second-order valence-electron chi connectivity index (χ2n) is 12.5. The van der Waals surface area contributed by atoms with Gasteiger partial charge in [-0.3, -0.25) is 14.5 Å². The molecule has 0 radical (unpaired) electrons. The molecule has 3 aromatic rings. The molecule has 1 aliphatic carbocycles. The molecule has 6 rings (SSSR count). The number of nitrogens with zero attached hydrogens (tertiary/aromatic N) is 4. The van der Waals surface area contributed by atoms with E-state index >= 15 is 0 Å². The molecule has 1 saturated carbocycles. The van der Waals surface area contributed by atoms with Crippen molar-refractivity contribution < 1.29 is 19.1 Å². The average Bonchev–Trinajstić information content (AvgIpc) is 3.00. The number of hydrogen-bond donors (Lipinski definition) is 0. The summed E-state index contributed by atoms with van der Waals surface area (Å²) >= 11 is 6.10. The summed E-state index contributed by atoms with van der Waals surface area (Å²) in [5, 5.41) is 0.661. The number of carbonyl (C=O) groups excluding carboxylic acids is 2. The van der Waals surface area contributed by atoms with E-state index in [1.807, 2.05) is 74.6 Å². The van der Waals surface area contributed by atoms with Gasteiger partial charge in [0.15, 0.2) is 6.23 Å². The Labute approximate surface area is 264 Å². The lowest BCUT2D eigenvalue weighted by Gasteiger charge is -2.42. The first-order chi connectivity index (χ1) is 21.2. The van der Waals surface area contributed by atoms with Crippen LogP contribution in [-0.2, 0) is 27.4 Å². The zero-order valence-corrected chi connectivity index (χ0v) is 26.5. The number of carbonyl (C=O) groups is 2. The first-order valence-electron chi connectivity index (χ1n) is 15.7. The van der Waals surface area contributed by atoms with Crippen molar-refractivity contribution in [2.45, 2.75) is 77.4 Å². The number of fused-ring (bicyclic) bond motifs is 1. The van der Waals surface area contributed by atoms with Crippen molar-refractivity contribution in [3.8, 4) is 5.75 Å². The molecule has 1 aromatic heterocycles. The number of hydrogen-bond acceptors (Lipinski definition) is 6. The van der Waals surface area contributed by atoms with Crippen molar-refractivity contribution >= 4 is 34.9 Å². The van der Waals surface area contributed by atoms with Crippen LogP contribution in [0.2, 0.25) is 5.02 Å². The number of halogens is 1. The van der Waals surface area contributed by atoms with Crippen molar-refractivity contribution in [2.24, 2.45) is 5.92 Å². The highest BCUT2D eigenvalue weighted by Gasteiger charge is 2.36. The summed E-state index contributed by atoms with van der Waals surface area (Å²) in [5.41, 5.74) is 3.78. The molecule has 2 fully saturated rings. The van der Waals surface area contributed by atoms with Crippen LogP contribution in [-0.4, -0.2) is 54.0 Å². The van der Waals surface area contributed by atoms with Gasteiger partial charge in [-0.1, -0.05) is 29.8 Å². The third-order valence-corrected chi connectivity index (χ3v) is 9.27. The Balaban J connectivity index is 1.18. The molecular formula is C35H41ClN4O4. The van der Waals surface area contributed by atoms with Gasteiger partial charge in [0, 0.05) is 43.2 Å². The van der Waals surface area contributed by atoms with E-state index < -0.39 is 6.23 Å². The molecule has 3 heterocycles. The van der Waals surface area contributed by atoms with Crippen molar-refractivity contribution in [3.63, 3.8) is 0 Å². The van der Waals surface area contributed by atoms with Gasteiger partial charge in [-0.2, -0.15) is 0 Å². The van der Waals surface area contributed by atoms with Crippen molar-refractivity contribution in [1.29, 1.82) is 0 Å². The summed E-state index contributed by atoms with van der Waals surface area (Å²) in [6.07, 6.45) is 6.59. The Morgan fingerprint density at radius 2 is 1.77 bits per heavy atom. The smallest absolute Gasteiger partial charge is 0.235 e. The van der Waals surface area contributed by atoms with Crippen LogP contribution < -0.4 is 14.5 Å². The Kier molecular flexibility index (Phi) is 9.10. The normalized spacial score (nSPS) is 21.7. The maximum Gasteiger partial charge on any atom is 0.235 e. The topological polar surface area (TPSA) is 75.2 Å². The van der Waals surface area contributed by atoms with Gasteiger partial charge < -0.3 is 19.3 Å². The lowest BCUT2D eigenvalue weighted by molar-refractivity contribution is -0.144. The monoisotopic (exact) mass is 616 g/mol. The van der Waals surface area contributed by atoms with E-state index in [1.165, 1.54) is 0 Å². The quantitative estimate of drug-likeness (QED) is 0.240. The van der Waals surface area contributed by atoms with E-state index in [0.29, 0.717) is 41.7 Å². The Morgan fingerprint density at radius 1 is 1.00 bits per heavy atom. The molecule has 2 aromatic carbocycles. The number of benzene rings is 2. The van der Waals surface area contributed by atoms with E-state index in [4.69, 9.17) is 26.1 Å². The standard InChI is InChI=1S/C35H41ClN4O4/c1-23(2)44-30-14-8-26-18-34(42)40(35(31(26)19-30)43-22-25-4-9-27(36)10-5-25)32-15-13-29(20-37-32)38(3)21-24-6-11-28(12-7-24)39-17-16-33(39)41/h4-5,8-10,13-15,19-20,23-24,28,35H,6-7,11-12,16-18,21-22H2,1-3H3/t24-,28-,35-/m0/s1. The zero-order valence-electron chi connectivity index (χ0n) is 25.7. The van der Waals surface area contributed by atoms with Crippen LogP contribution in [0.25, 0.3) is 0 Å². The second-order valence-corrected chi connectivity index (χ2v) is 13.0. The van der Waals surface area contributed by atoms with E-state index in [1.54, 1.807) is 4.90 Å². The lowest BCUT2D eigenvalue weighted by Crippen LogP contribution is -2.51. The molecule has 2 amide bonds. The molecule has 0 unspecified atom stereocenters. The van der Waals surface area contributed by atoms with E-state index in [0.717, 1.165) is 66.9 Å². The van der Waals surface area contributed by atoms with Crippen molar-refractivity contribution in [3.05, 3.63) is 82.5 Å². The zero-order chi connectivity index (χ0) is 30.8. The number of anilines is 2. The van der Waals surface area contributed by atoms with Gasteiger partial charge >= 0.3 is 0 Å². The van der Waals surface area contributed by atoms with Crippen LogP contribution in [0, 0.1) is 5.92 Å². The van der Waals surface area contributed by atoms with Gasteiger partial charge in [0.25, 0.3) is 0 Å². The van der Waals surface area contributed by atoms with Crippen LogP contribution in [0.4, 0.5) is 11.5 Å². The van der Waals surface area contributed by atoms with Crippen LogP contribution in [0.1, 0.15) is 68.9 Å². The van der Waals surface area contributed by atoms with Crippen molar-refractivity contribution in [2.75, 3.05) is 29.9 Å². The fourth-order valence-corrected chi connectivity index (χ4v) is 6.72. The van der Waals surface area contributed by atoms with Crippen molar-refractivity contribution in [1.82, 2.24) is 9.88 Å². The van der Waals surface area contributed by atoms with E-state index in [-0.39, 0.29) is 18.4 Å². The van der Waals surface area contributed by atoms with Gasteiger partial charge in [-0.15, -0.1) is 0 Å². The predicted octanol–water partition coefficient (Wildman–Crippen LogP) is 6.55. The number of likely N-dealkylation sites (tertiary alicyclic amines) is 1. The Hall–Kier alpha value is -3.62. The van der Waals surface area contributed by atoms with Gasteiger partial charge in [-0.05, 0) is 93.0 Å². The third kappa shape index (κ3) is 6.71. The fraction of sp³-hybridized carbons (Fsp3) is 0.457. The SMILES string of the molecule is CC(C)Oc1ccc2c(c1)[C@H](OCc1ccc(Cl)cc1)N(c1ccc(N(C)C[C@H]3CC[C@H](N4CCC4=O)CC3)cn1)C(=O)C2. The van der Waals surface area contributed by atoms with Gasteiger partial charge in [-0.25, -0.2) is 4.98 Å². The van der Waals surface area contributed by atoms with Crippen LogP contribution in [0.3, 0.4) is 0 Å². The van der Waals surface area contributed by atoms with Crippen LogP contribution in [0.5, 0.6) is 5.75 Å². The third-order valence-electron chi connectivity index (χ3n) is 9.02. The molecule has 3 aliphatic rings. The summed E-state index contributed by atoms with van der Waals surface area (Å²) in [4.78, 5) is 36.2. The first-order valence-corrected chi connectivity index (χ1v) is 16.1. The number of pyridine rings is 1. The number of amides is 2. The number of aromatic nitrogens is 1. The molecular weight excluding hydrogens is 576 g/mol. The predicted molar refractivity (Wildman–Crippen MR) is 172 cm³/mol. The van der Waals surface area contributed by atoms with Gasteiger partial charge in [0.05, 0.1) is 31.0 Å². The highest BCUT2D eigenvalue weighted by Crippen LogP contribution is 2.38. The molecule has 0 N–H and O–H groups in total. The molecule has 9 heteroatoms. The fourth-order valence-electron chi connectivity index (χ4n) is 6.59. The highest BCUT2D eigenvalue weighted by atomic mass is 35.5. The van der Waals surface area contributed by atoms with E-state index in [2.05, 4.69) is 16.8 Å². The Bertz CT molecular complexity index is 1470. The summed E-state index contributed by atoms with van der Waals surface area (Å²) in [7, 11) is 2.10. The largest absolute Gasteiger partial charge is 0.491 e. The maximum atomic E-state index is 13.6.